The number of hydrogen-bond donors (Lipinski definition) is 0. The second-order valence-corrected chi connectivity index (χ2v) is 7.96. The van der Waals surface area contributed by atoms with Crippen LogP contribution in [0.25, 0.3) is 0 Å². The molecule has 7 heteroatoms. The minimum absolute atomic E-state index is 0.564. The van der Waals surface area contributed by atoms with Gasteiger partial charge in [0, 0.05) is 24.0 Å². The van der Waals surface area contributed by atoms with Gasteiger partial charge in [-0.25, -0.2) is 0 Å². The second kappa shape index (κ2) is 11.6. The van der Waals surface area contributed by atoms with E-state index in [1.807, 2.05) is 24.3 Å². The topological polar surface area (TPSA) is 64.6 Å². The minimum atomic E-state index is 0.564. The van der Waals surface area contributed by atoms with Gasteiger partial charge >= 0.3 is 0 Å². The molecule has 0 spiro atoms. The fourth-order valence-corrected chi connectivity index (χ4v) is 4.47. The first-order valence-electron chi connectivity index (χ1n) is 11.2. The Bertz CT molecular complexity index is 1080. The van der Waals surface area contributed by atoms with Crippen molar-refractivity contribution < 1.29 is 33.2 Å². The standard InChI is InChI=1S/C28H34O7/c1-17-13-20(15-18-9-11-22(29-2)27(34-7)25(18)32-5)24(31-4)21(14-17)16-19-10-12-23(30-3)28(35-8)26(19)33-6/h9-14H,15-16H2,1-8H3. The van der Waals surface area contributed by atoms with Gasteiger partial charge in [-0.15, -0.1) is 0 Å². The molecule has 3 aromatic carbocycles. The van der Waals surface area contributed by atoms with Crippen molar-refractivity contribution in [3.05, 3.63) is 64.2 Å². The van der Waals surface area contributed by atoms with E-state index in [0.717, 1.165) is 33.6 Å². The van der Waals surface area contributed by atoms with Crippen LogP contribution < -0.4 is 33.2 Å². The van der Waals surface area contributed by atoms with Gasteiger partial charge in [-0.2, -0.15) is 0 Å². The summed E-state index contributed by atoms with van der Waals surface area (Å²) in [4.78, 5) is 0. The Morgan fingerprint density at radius 3 is 1.11 bits per heavy atom. The summed E-state index contributed by atoms with van der Waals surface area (Å²) in [6.45, 7) is 2.07. The smallest absolute Gasteiger partial charge is 0.203 e. The normalized spacial score (nSPS) is 10.5. The van der Waals surface area contributed by atoms with Crippen LogP contribution in [0.15, 0.2) is 36.4 Å². The molecule has 0 aliphatic carbocycles. The quantitative estimate of drug-likeness (QED) is 0.370. The molecular weight excluding hydrogens is 448 g/mol. The van der Waals surface area contributed by atoms with Crippen LogP contribution >= 0.6 is 0 Å². The molecule has 0 saturated carbocycles. The summed E-state index contributed by atoms with van der Waals surface area (Å²) >= 11 is 0. The maximum atomic E-state index is 5.93. The van der Waals surface area contributed by atoms with Crippen LogP contribution in [0.1, 0.15) is 27.8 Å². The Morgan fingerprint density at radius 1 is 0.429 bits per heavy atom. The Hall–Kier alpha value is -3.74. The molecule has 0 bridgehead atoms. The van der Waals surface area contributed by atoms with Crippen molar-refractivity contribution >= 4 is 0 Å². The molecule has 3 rings (SSSR count). The first-order valence-corrected chi connectivity index (χ1v) is 11.2. The first-order chi connectivity index (χ1) is 17.0. The summed E-state index contributed by atoms with van der Waals surface area (Å²) in [5.41, 5.74) is 5.11. The lowest BCUT2D eigenvalue weighted by Crippen LogP contribution is -2.04. The zero-order valence-corrected chi connectivity index (χ0v) is 21.7. The first kappa shape index (κ1) is 25.9. The van der Waals surface area contributed by atoms with Crippen LogP contribution in [-0.2, 0) is 12.8 Å². The molecule has 0 aliphatic heterocycles. The Balaban J connectivity index is 2.08. The highest BCUT2D eigenvalue weighted by Gasteiger charge is 2.21. The highest BCUT2D eigenvalue weighted by molar-refractivity contribution is 5.60. The van der Waals surface area contributed by atoms with Gasteiger partial charge in [-0.1, -0.05) is 29.8 Å². The second-order valence-electron chi connectivity index (χ2n) is 7.96. The molecular formula is C28H34O7. The van der Waals surface area contributed by atoms with Gasteiger partial charge in [-0.3, -0.25) is 0 Å². The van der Waals surface area contributed by atoms with Gasteiger partial charge in [0.05, 0.1) is 49.8 Å². The maximum Gasteiger partial charge on any atom is 0.203 e. The van der Waals surface area contributed by atoms with E-state index in [0.29, 0.717) is 47.3 Å². The van der Waals surface area contributed by atoms with Crippen LogP contribution in [0.5, 0.6) is 40.2 Å². The third-order valence-electron chi connectivity index (χ3n) is 5.92. The van der Waals surface area contributed by atoms with Crippen LogP contribution in [0.2, 0.25) is 0 Å². The fraction of sp³-hybridized carbons (Fsp3) is 0.357. The molecule has 0 unspecified atom stereocenters. The number of aryl methyl sites for hydroxylation is 1. The number of rotatable bonds is 11. The molecule has 0 aromatic heterocycles. The average Bonchev–Trinajstić information content (AvgIpc) is 2.87. The molecule has 0 amide bonds. The van der Waals surface area contributed by atoms with Gasteiger partial charge in [0.1, 0.15) is 5.75 Å². The van der Waals surface area contributed by atoms with Crippen molar-refractivity contribution in [3.63, 3.8) is 0 Å². The molecule has 7 nitrogen and oxygen atoms in total. The molecule has 3 aromatic rings. The monoisotopic (exact) mass is 482 g/mol. The molecule has 0 aliphatic rings. The van der Waals surface area contributed by atoms with E-state index < -0.39 is 0 Å². The third-order valence-corrected chi connectivity index (χ3v) is 5.92. The summed E-state index contributed by atoms with van der Waals surface area (Å²) < 4.78 is 39.3. The van der Waals surface area contributed by atoms with E-state index >= 15 is 0 Å². The highest BCUT2D eigenvalue weighted by atomic mass is 16.5. The lowest BCUT2D eigenvalue weighted by atomic mass is 9.94. The SMILES string of the molecule is COc1ccc(Cc2cc(C)cc(Cc3ccc(OC)c(OC)c3OC)c2OC)c(OC)c1OC. The molecule has 188 valence electrons. The van der Waals surface area contributed by atoms with E-state index in [4.69, 9.17) is 33.2 Å². The summed E-state index contributed by atoms with van der Waals surface area (Å²) in [5, 5.41) is 0. The predicted molar refractivity (Wildman–Crippen MR) is 136 cm³/mol. The number of methoxy groups -OCH3 is 7. The van der Waals surface area contributed by atoms with E-state index in [-0.39, 0.29) is 0 Å². The minimum Gasteiger partial charge on any atom is -0.496 e. The lowest BCUT2D eigenvalue weighted by molar-refractivity contribution is 0.322. The average molecular weight is 483 g/mol. The lowest BCUT2D eigenvalue weighted by Gasteiger charge is -2.20. The van der Waals surface area contributed by atoms with Gasteiger partial charge in [-0.05, 0) is 30.2 Å². The van der Waals surface area contributed by atoms with Gasteiger partial charge < -0.3 is 33.2 Å². The van der Waals surface area contributed by atoms with Gasteiger partial charge in [0.15, 0.2) is 23.0 Å². The molecule has 0 heterocycles. The van der Waals surface area contributed by atoms with Crippen LogP contribution in [0.4, 0.5) is 0 Å². The zero-order chi connectivity index (χ0) is 25.5. The van der Waals surface area contributed by atoms with Crippen molar-refractivity contribution in [2.75, 3.05) is 49.8 Å². The van der Waals surface area contributed by atoms with Crippen molar-refractivity contribution in [1.82, 2.24) is 0 Å². The third kappa shape index (κ3) is 5.19. The number of ether oxygens (including phenoxy) is 7. The van der Waals surface area contributed by atoms with E-state index in [1.165, 1.54) is 0 Å². The van der Waals surface area contributed by atoms with Crippen molar-refractivity contribution in [2.24, 2.45) is 0 Å². The summed E-state index contributed by atoms with van der Waals surface area (Å²) in [6, 6.07) is 12.0. The molecule has 35 heavy (non-hydrogen) atoms. The summed E-state index contributed by atoms with van der Waals surface area (Å²) in [6.07, 6.45) is 1.18. The Kier molecular flexibility index (Phi) is 8.58. The van der Waals surface area contributed by atoms with Crippen LogP contribution in [-0.4, -0.2) is 49.8 Å². The Labute approximate surface area is 207 Å². The molecule has 0 fully saturated rings. The number of hydrogen-bond acceptors (Lipinski definition) is 7. The maximum absolute atomic E-state index is 5.93. The largest absolute Gasteiger partial charge is 0.496 e. The van der Waals surface area contributed by atoms with E-state index in [9.17, 15) is 0 Å². The van der Waals surface area contributed by atoms with Crippen LogP contribution in [0.3, 0.4) is 0 Å². The Morgan fingerprint density at radius 2 is 0.800 bits per heavy atom. The zero-order valence-electron chi connectivity index (χ0n) is 21.7. The number of benzene rings is 3. The van der Waals surface area contributed by atoms with Gasteiger partial charge in [0.25, 0.3) is 0 Å². The van der Waals surface area contributed by atoms with Crippen molar-refractivity contribution in [3.8, 4) is 40.2 Å². The van der Waals surface area contributed by atoms with Gasteiger partial charge in [0.2, 0.25) is 11.5 Å². The fourth-order valence-electron chi connectivity index (χ4n) is 4.47. The van der Waals surface area contributed by atoms with Crippen LogP contribution in [0, 0.1) is 6.92 Å². The molecule has 0 saturated heterocycles. The van der Waals surface area contributed by atoms with E-state index in [1.54, 1.807) is 49.8 Å². The molecule has 0 N–H and O–H groups in total. The van der Waals surface area contributed by atoms with Crippen molar-refractivity contribution in [2.45, 2.75) is 19.8 Å². The summed E-state index contributed by atoms with van der Waals surface area (Å²) in [5.74, 6) is 4.45. The van der Waals surface area contributed by atoms with E-state index in [2.05, 4.69) is 19.1 Å². The highest BCUT2D eigenvalue weighted by Crippen LogP contribution is 2.43. The summed E-state index contributed by atoms with van der Waals surface area (Å²) in [7, 11) is 11.4. The molecule has 0 atom stereocenters. The molecule has 0 radical (unpaired) electrons. The predicted octanol–water partition coefficient (Wildman–Crippen LogP) is 5.24. The van der Waals surface area contributed by atoms with Crippen molar-refractivity contribution in [1.29, 1.82) is 0 Å².